The van der Waals surface area contributed by atoms with E-state index in [4.69, 9.17) is 4.74 Å². The quantitative estimate of drug-likeness (QED) is 0.801. The summed E-state index contributed by atoms with van der Waals surface area (Å²) in [7, 11) is 0. The molecule has 1 unspecified atom stereocenters. The Morgan fingerprint density at radius 3 is 2.31 bits per heavy atom. The number of rotatable bonds is 4. The van der Waals surface area contributed by atoms with E-state index in [-0.39, 0.29) is 11.8 Å². The number of ether oxygens (including phenoxy) is 1. The molecule has 1 N–H and O–H groups in total. The Hall–Kier alpha value is -1.06. The van der Waals surface area contributed by atoms with Crippen molar-refractivity contribution in [3.63, 3.8) is 0 Å². The minimum Gasteiger partial charge on any atom is -0.444 e. The van der Waals surface area contributed by atoms with Crippen molar-refractivity contribution in [3.05, 3.63) is 0 Å². The predicted molar refractivity (Wildman–Crippen MR) is 61.2 cm³/mol. The summed E-state index contributed by atoms with van der Waals surface area (Å²) in [5, 5.41) is 2.68. The molecule has 4 heteroatoms. The highest BCUT2D eigenvalue weighted by Gasteiger charge is 2.37. The average Bonchev–Trinajstić information content (AvgIpc) is 2.93. The number of alkyl carbamates (subject to hydrolysis) is 1. The Morgan fingerprint density at radius 1 is 1.38 bits per heavy atom. The summed E-state index contributed by atoms with van der Waals surface area (Å²) in [5.41, 5.74) is -0.520. The second kappa shape index (κ2) is 4.85. The molecule has 1 fully saturated rings. The molecule has 0 aromatic rings. The summed E-state index contributed by atoms with van der Waals surface area (Å²) < 4.78 is 5.14. The lowest BCUT2D eigenvalue weighted by atomic mass is 10.1. The van der Waals surface area contributed by atoms with Gasteiger partial charge in [-0.3, -0.25) is 4.79 Å². The number of hydrogen-bond donors (Lipinski definition) is 1. The van der Waals surface area contributed by atoms with Gasteiger partial charge < -0.3 is 10.1 Å². The molecular weight excluding hydrogens is 206 g/mol. The van der Waals surface area contributed by atoms with Crippen LogP contribution in [0.15, 0.2) is 0 Å². The largest absolute Gasteiger partial charge is 0.444 e. The molecule has 0 bridgehead atoms. The molecule has 1 amide bonds. The molecule has 0 aromatic carbocycles. The first-order valence-electron chi connectivity index (χ1n) is 5.85. The molecule has 0 radical (unpaired) electrons. The fourth-order valence-corrected chi connectivity index (χ4v) is 1.55. The maximum Gasteiger partial charge on any atom is 0.408 e. The van der Waals surface area contributed by atoms with Crippen LogP contribution in [0.5, 0.6) is 0 Å². The van der Waals surface area contributed by atoms with Crippen molar-refractivity contribution in [2.75, 3.05) is 0 Å². The number of nitrogens with one attached hydrogen (secondary N) is 1. The lowest BCUT2D eigenvalue weighted by molar-refractivity contribution is -0.121. The van der Waals surface area contributed by atoms with E-state index >= 15 is 0 Å². The first-order chi connectivity index (χ1) is 7.33. The van der Waals surface area contributed by atoms with Gasteiger partial charge in [-0.15, -0.1) is 0 Å². The summed E-state index contributed by atoms with van der Waals surface area (Å²) >= 11 is 0. The van der Waals surface area contributed by atoms with Gasteiger partial charge in [-0.05, 0) is 39.5 Å². The first-order valence-corrected chi connectivity index (χ1v) is 5.85. The molecule has 92 valence electrons. The Balaban J connectivity index is 2.49. The van der Waals surface area contributed by atoms with Crippen molar-refractivity contribution in [1.82, 2.24) is 5.32 Å². The van der Waals surface area contributed by atoms with E-state index in [1.807, 2.05) is 6.92 Å². The maximum absolute atomic E-state index is 11.6. The Morgan fingerprint density at radius 2 is 1.94 bits per heavy atom. The van der Waals surface area contributed by atoms with Crippen molar-refractivity contribution in [2.24, 2.45) is 5.92 Å². The van der Waals surface area contributed by atoms with Crippen molar-refractivity contribution in [2.45, 2.75) is 58.6 Å². The maximum atomic E-state index is 11.6. The monoisotopic (exact) mass is 227 g/mol. The zero-order valence-electron chi connectivity index (χ0n) is 10.5. The van der Waals surface area contributed by atoms with Gasteiger partial charge in [0.2, 0.25) is 0 Å². The number of hydrogen-bond acceptors (Lipinski definition) is 3. The van der Waals surface area contributed by atoms with Crippen LogP contribution in [0.2, 0.25) is 0 Å². The van der Waals surface area contributed by atoms with Gasteiger partial charge in [0.1, 0.15) is 5.60 Å². The van der Waals surface area contributed by atoms with Gasteiger partial charge in [0.05, 0.1) is 6.04 Å². The number of amides is 1. The molecule has 0 spiro atoms. The van der Waals surface area contributed by atoms with Crippen LogP contribution in [0.3, 0.4) is 0 Å². The fourth-order valence-electron chi connectivity index (χ4n) is 1.55. The fraction of sp³-hybridized carbons (Fsp3) is 0.833. The predicted octanol–water partition coefficient (Wildman–Crippen LogP) is 2.27. The van der Waals surface area contributed by atoms with E-state index in [1.54, 1.807) is 20.8 Å². The van der Waals surface area contributed by atoms with E-state index in [0.29, 0.717) is 12.3 Å². The number of carbonyl (C=O) groups is 2. The number of Topliss-reactive ketones (excluding diaryl/α,β-unsaturated/α-hetero) is 1. The van der Waals surface area contributed by atoms with Crippen molar-refractivity contribution >= 4 is 11.9 Å². The summed E-state index contributed by atoms with van der Waals surface area (Å²) in [6.45, 7) is 7.23. The van der Waals surface area contributed by atoms with Crippen LogP contribution in [-0.4, -0.2) is 23.5 Å². The molecular formula is C12H21NO3. The van der Waals surface area contributed by atoms with Crippen LogP contribution < -0.4 is 5.32 Å². The van der Waals surface area contributed by atoms with E-state index in [1.165, 1.54) is 0 Å². The molecule has 0 saturated heterocycles. The molecule has 1 saturated carbocycles. The van der Waals surface area contributed by atoms with Crippen molar-refractivity contribution in [3.8, 4) is 0 Å². The van der Waals surface area contributed by atoms with E-state index < -0.39 is 11.7 Å². The summed E-state index contributed by atoms with van der Waals surface area (Å²) in [5.74, 6) is 0.410. The number of carbonyl (C=O) groups excluding carboxylic acids is 2. The Kier molecular flexibility index (Phi) is 3.94. The van der Waals surface area contributed by atoms with Gasteiger partial charge in [-0.1, -0.05) is 6.92 Å². The van der Waals surface area contributed by atoms with Crippen LogP contribution >= 0.6 is 0 Å². The van der Waals surface area contributed by atoms with Gasteiger partial charge >= 0.3 is 6.09 Å². The highest BCUT2D eigenvalue weighted by atomic mass is 16.6. The lowest BCUT2D eigenvalue weighted by Crippen LogP contribution is -2.44. The van der Waals surface area contributed by atoms with E-state index in [9.17, 15) is 9.59 Å². The molecule has 0 heterocycles. The Bertz CT molecular complexity index is 276. The minimum absolute atomic E-state index is 0.0911. The molecule has 0 aromatic heterocycles. The van der Waals surface area contributed by atoms with Crippen LogP contribution in [0.4, 0.5) is 4.79 Å². The van der Waals surface area contributed by atoms with Gasteiger partial charge in [0, 0.05) is 6.42 Å². The zero-order valence-corrected chi connectivity index (χ0v) is 10.5. The molecule has 1 aliphatic carbocycles. The highest BCUT2D eigenvalue weighted by Crippen LogP contribution is 2.33. The van der Waals surface area contributed by atoms with Gasteiger partial charge in [0.15, 0.2) is 5.78 Å². The molecule has 1 atom stereocenters. The van der Waals surface area contributed by atoms with Crippen molar-refractivity contribution < 1.29 is 14.3 Å². The average molecular weight is 227 g/mol. The van der Waals surface area contributed by atoms with Crippen LogP contribution in [-0.2, 0) is 9.53 Å². The van der Waals surface area contributed by atoms with Crippen molar-refractivity contribution in [1.29, 1.82) is 0 Å². The smallest absolute Gasteiger partial charge is 0.408 e. The normalized spacial score (nSPS) is 17.8. The molecule has 0 aliphatic heterocycles. The van der Waals surface area contributed by atoms with Crippen LogP contribution in [0.25, 0.3) is 0 Å². The van der Waals surface area contributed by atoms with Gasteiger partial charge in [0.25, 0.3) is 0 Å². The van der Waals surface area contributed by atoms with E-state index in [2.05, 4.69) is 5.32 Å². The summed E-state index contributed by atoms with van der Waals surface area (Å²) in [6, 6.07) is -0.347. The highest BCUT2D eigenvalue weighted by molar-refractivity contribution is 5.87. The second-order valence-electron chi connectivity index (χ2n) is 5.28. The SMILES string of the molecule is CCC(=O)C(NC(=O)OC(C)(C)C)C1CC1. The summed E-state index contributed by atoms with van der Waals surface area (Å²) in [4.78, 5) is 23.2. The van der Waals surface area contributed by atoms with E-state index in [0.717, 1.165) is 12.8 Å². The lowest BCUT2D eigenvalue weighted by Gasteiger charge is -2.22. The second-order valence-corrected chi connectivity index (χ2v) is 5.28. The molecule has 4 nitrogen and oxygen atoms in total. The molecule has 1 rings (SSSR count). The third kappa shape index (κ3) is 4.21. The van der Waals surface area contributed by atoms with Crippen LogP contribution in [0.1, 0.15) is 47.0 Å². The van der Waals surface area contributed by atoms with Gasteiger partial charge in [-0.25, -0.2) is 4.79 Å². The number of ketones is 1. The third-order valence-corrected chi connectivity index (χ3v) is 2.46. The minimum atomic E-state index is -0.520. The topological polar surface area (TPSA) is 55.4 Å². The summed E-state index contributed by atoms with van der Waals surface area (Å²) in [6.07, 6.45) is 2.00. The van der Waals surface area contributed by atoms with Crippen LogP contribution in [0, 0.1) is 5.92 Å². The Labute approximate surface area is 96.7 Å². The standard InChI is InChI=1S/C12H21NO3/c1-5-9(14)10(8-6-7-8)13-11(15)16-12(2,3)4/h8,10H,5-7H2,1-4H3,(H,13,15). The van der Waals surface area contributed by atoms with Gasteiger partial charge in [-0.2, -0.15) is 0 Å². The molecule has 1 aliphatic rings. The third-order valence-electron chi connectivity index (χ3n) is 2.46. The first kappa shape index (κ1) is 13.0. The zero-order chi connectivity index (χ0) is 12.3. The molecule has 16 heavy (non-hydrogen) atoms.